The van der Waals surface area contributed by atoms with E-state index in [0.717, 1.165) is 34.6 Å². The Kier molecular flexibility index (Phi) is 4.64. The summed E-state index contributed by atoms with van der Waals surface area (Å²) in [5.41, 5.74) is 3.75. The van der Waals surface area contributed by atoms with Crippen LogP contribution in [0.15, 0.2) is 36.2 Å². The van der Waals surface area contributed by atoms with Gasteiger partial charge < -0.3 is 10.2 Å². The molecule has 0 unspecified atom stereocenters. The fourth-order valence-electron chi connectivity index (χ4n) is 6.62. The second kappa shape index (κ2) is 7.22. The molecule has 0 spiro atoms. The second-order valence-corrected chi connectivity index (χ2v) is 9.58. The average molecular weight is 405 g/mol. The number of aliphatic carboxylic acids is 1. The Hall–Kier alpha value is -2.69. The van der Waals surface area contributed by atoms with Crippen molar-refractivity contribution in [1.29, 1.82) is 0 Å². The number of benzene rings is 1. The Labute approximate surface area is 176 Å². The maximum Gasteiger partial charge on any atom is 0.331 e. The number of carbonyl (C=O) groups is 1. The van der Waals surface area contributed by atoms with Crippen molar-refractivity contribution in [2.75, 3.05) is 0 Å². The van der Waals surface area contributed by atoms with E-state index < -0.39 is 5.97 Å². The molecule has 2 N–H and O–H groups in total. The molecule has 0 atom stereocenters. The summed E-state index contributed by atoms with van der Waals surface area (Å²) in [6, 6.07) is 5.82. The third-order valence-corrected chi connectivity index (χ3v) is 7.55. The molecule has 6 rings (SSSR count). The van der Waals surface area contributed by atoms with Gasteiger partial charge in [0.15, 0.2) is 0 Å². The fourth-order valence-corrected chi connectivity index (χ4v) is 6.62. The minimum Gasteiger partial charge on any atom is -0.508 e. The van der Waals surface area contributed by atoms with Crippen molar-refractivity contribution in [3.05, 3.63) is 47.4 Å². The lowest BCUT2D eigenvalue weighted by molar-refractivity contribution is -0.132. The molecule has 0 amide bonds. The second-order valence-electron chi connectivity index (χ2n) is 9.58. The molecule has 4 bridgehead atoms. The van der Waals surface area contributed by atoms with Crippen LogP contribution in [0.4, 0.5) is 0 Å². The molecule has 4 fully saturated rings. The van der Waals surface area contributed by atoms with Crippen molar-refractivity contribution in [2.45, 2.75) is 57.3 Å². The van der Waals surface area contributed by atoms with E-state index in [9.17, 15) is 15.0 Å². The molecule has 4 aliphatic rings. The predicted octanol–water partition coefficient (Wildman–Crippen LogP) is 5.20. The topological polar surface area (TPSA) is 83.3 Å². The Balaban J connectivity index is 1.46. The van der Waals surface area contributed by atoms with Gasteiger partial charge in [0.1, 0.15) is 5.75 Å². The molecule has 1 aromatic heterocycles. The van der Waals surface area contributed by atoms with Gasteiger partial charge in [-0.3, -0.25) is 9.97 Å². The SMILES string of the molecule is CCC(=Cc1cnc(-c2ccc(O)c(C34CC5CC(CC(C5)C3)C4)c2)cn1)C(=O)O. The van der Waals surface area contributed by atoms with Crippen LogP contribution in [0.3, 0.4) is 0 Å². The van der Waals surface area contributed by atoms with Crippen molar-refractivity contribution in [3.8, 4) is 17.0 Å². The predicted molar refractivity (Wildman–Crippen MR) is 115 cm³/mol. The highest BCUT2D eigenvalue weighted by Crippen LogP contribution is 2.62. The normalized spacial score (nSPS) is 29.9. The maximum absolute atomic E-state index is 11.2. The van der Waals surface area contributed by atoms with E-state index >= 15 is 0 Å². The van der Waals surface area contributed by atoms with Crippen LogP contribution in [0.5, 0.6) is 5.75 Å². The molecule has 1 aromatic carbocycles. The highest BCUT2D eigenvalue weighted by atomic mass is 16.4. The number of phenolic OH excluding ortho intramolecular Hbond substituents is 1. The van der Waals surface area contributed by atoms with Gasteiger partial charge in [-0.05, 0) is 92.4 Å². The van der Waals surface area contributed by atoms with Crippen LogP contribution in [0.25, 0.3) is 17.3 Å². The number of rotatable bonds is 5. The van der Waals surface area contributed by atoms with E-state index in [1.807, 2.05) is 13.0 Å². The van der Waals surface area contributed by atoms with E-state index in [1.165, 1.54) is 38.5 Å². The Bertz CT molecular complexity index is 974. The zero-order valence-electron chi connectivity index (χ0n) is 17.3. The molecule has 4 aliphatic carbocycles. The summed E-state index contributed by atoms with van der Waals surface area (Å²) < 4.78 is 0. The van der Waals surface area contributed by atoms with Crippen LogP contribution in [-0.4, -0.2) is 26.2 Å². The number of nitrogens with zero attached hydrogens (tertiary/aromatic N) is 2. The highest BCUT2D eigenvalue weighted by molar-refractivity contribution is 5.91. The Morgan fingerprint density at radius 2 is 1.77 bits per heavy atom. The van der Waals surface area contributed by atoms with Gasteiger partial charge in [-0.1, -0.05) is 6.92 Å². The first-order valence-corrected chi connectivity index (χ1v) is 11.1. The molecule has 30 heavy (non-hydrogen) atoms. The van der Waals surface area contributed by atoms with Crippen molar-refractivity contribution < 1.29 is 15.0 Å². The highest BCUT2D eigenvalue weighted by Gasteiger charge is 2.52. The van der Waals surface area contributed by atoms with Gasteiger partial charge >= 0.3 is 5.97 Å². The summed E-state index contributed by atoms with van der Waals surface area (Å²) in [6.45, 7) is 1.81. The quantitative estimate of drug-likeness (QED) is 0.670. The minimum atomic E-state index is -0.929. The first-order valence-electron chi connectivity index (χ1n) is 11.1. The molecule has 4 saturated carbocycles. The third kappa shape index (κ3) is 3.30. The molecule has 0 aliphatic heterocycles. The van der Waals surface area contributed by atoms with Crippen molar-refractivity contribution in [1.82, 2.24) is 9.97 Å². The molecule has 2 aromatic rings. The van der Waals surface area contributed by atoms with Gasteiger partial charge in [0.25, 0.3) is 0 Å². The van der Waals surface area contributed by atoms with Crippen LogP contribution >= 0.6 is 0 Å². The van der Waals surface area contributed by atoms with Crippen molar-refractivity contribution >= 4 is 12.0 Å². The summed E-state index contributed by atoms with van der Waals surface area (Å²) in [6.07, 6.45) is 13.0. The lowest BCUT2D eigenvalue weighted by Gasteiger charge is -2.57. The fraction of sp³-hybridized carbons (Fsp3) is 0.480. The van der Waals surface area contributed by atoms with Gasteiger partial charge in [0.05, 0.1) is 23.8 Å². The number of hydrogen-bond acceptors (Lipinski definition) is 4. The lowest BCUT2D eigenvalue weighted by atomic mass is 9.48. The number of aromatic hydroxyl groups is 1. The zero-order valence-corrected chi connectivity index (χ0v) is 17.3. The zero-order chi connectivity index (χ0) is 20.9. The van der Waals surface area contributed by atoms with E-state index in [1.54, 1.807) is 24.5 Å². The first kappa shape index (κ1) is 19.3. The molecular weight excluding hydrogens is 376 g/mol. The monoisotopic (exact) mass is 404 g/mol. The number of aromatic nitrogens is 2. The molecule has 1 heterocycles. The third-order valence-electron chi connectivity index (χ3n) is 7.55. The van der Waals surface area contributed by atoms with E-state index in [2.05, 4.69) is 16.0 Å². The molecular formula is C25H28N2O3. The standard InChI is InChI=1S/C25H28N2O3/c1-2-18(24(29)30)8-20-13-27-22(14-26-20)19-3-4-23(28)21(9-19)25-10-15-5-16(11-25)7-17(6-15)12-25/h3-4,8-9,13-17,28H,2,5-7,10-12H2,1H3,(H,29,30). The summed E-state index contributed by atoms with van der Waals surface area (Å²) in [5, 5.41) is 20.0. The minimum absolute atomic E-state index is 0.114. The van der Waals surface area contributed by atoms with Gasteiger partial charge in [-0.25, -0.2) is 4.79 Å². The maximum atomic E-state index is 11.2. The van der Waals surface area contributed by atoms with E-state index in [0.29, 0.717) is 23.4 Å². The van der Waals surface area contributed by atoms with Crippen molar-refractivity contribution in [3.63, 3.8) is 0 Å². The van der Waals surface area contributed by atoms with E-state index in [-0.39, 0.29) is 5.41 Å². The van der Waals surface area contributed by atoms with Crippen LogP contribution in [0.1, 0.15) is 63.1 Å². The summed E-state index contributed by atoms with van der Waals surface area (Å²) in [4.78, 5) is 20.2. The molecule has 156 valence electrons. The Morgan fingerprint density at radius 3 is 2.30 bits per heavy atom. The average Bonchev–Trinajstić information content (AvgIpc) is 2.71. The molecule has 5 heteroatoms. The van der Waals surface area contributed by atoms with Gasteiger partial charge in [-0.2, -0.15) is 0 Å². The first-order chi connectivity index (χ1) is 14.5. The molecule has 0 radical (unpaired) electrons. The summed E-state index contributed by atoms with van der Waals surface area (Å²) in [5.74, 6) is 1.91. The van der Waals surface area contributed by atoms with E-state index in [4.69, 9.17) is 0 Å². The van der Waals surface area contributed by atoms with Crippen LogP contribution < -0.4 is 0 Å². The lowest BCUT2D eigenvalue weighted by Crippen LogP contribution is -2.48. The number of phenols is 1. The number of carboxylic acid groups (broad SMARTS) is 1. The molecule has 0 saturated heterocycles. The van der Waals surface area contributed by atoms with Crippen LogP contribution in [0.2, 0.25) is 0 Å². The van der Waals surface area contributed by atoms with Gasteiger partial charge in [-0.15, -0.1) is 0 Å². The Morgan fingerprint density at radius 1 is 1.10 bits per heavy atom. The smallest absolute Gasteiger partial charge is 0.331 e. The van der Waals surface area contributed by atoms with Crippen LogP contribution in [-0.2, 0) is 10.2 Å². The van der Waals surface area contributed by atoms with Crippen LogP contribution in [0, 0.1) is 17.8 Å². The number of hydrogen-bond donors (Lipinski definition) is 2. The van der Waals surface area contributed by atoms with Crippen molar-refractivity contribution in [2.24, 2.45) is 17.8 Å². The summed E-state index contributed by atoms with van der Waals surface area (Å²) >= 11 is 0. The van der Waals surface area contributed by atoms with Gasteiger partial charge in [0.2, 0.25) is 0 Å². The molecule has 5 nitrogen and oxygen atoms in total. The number of carboxylic acids is 1. The van der Waals surface area contributed by atoms with Gasteiger partial charge in [0, 0.05) is 16.7 Å². The summed E-state index contributed by atoms with van der Waals surface area (Å²) in [7, 11) is 0. The largest absolute Gasteiger partial charge is 0.508 e.